The Balaban J connectivity index is 2.52. The Bertz CT molecular complexity index is 184. The maximum absolute atomic E-state index is 10.8. The van der Waals surface area contributed by atoms with Crippen molar-refractivity contribution >= 4 is 5.97 Å². The van der Waals surface area contributed by atoms with Gasteiger partial charge in [-0.1, -0.05) is 13.3 Å². The van der Waals surface area contributed by atoms with Gasteiger partial charge in [-0.05, 0) is 12.5 Å². The zero-order valence-corrected chi connectivity index (χ0v) is 6.54. The van der Waals surface area contributed by atoms with E-state index < -0.39 is 6.10 Å². The van der Waals surface area contributed by atoms with E-state index in [1.807, 2.05) is 6.92 Å². The van der Waals surface area contributed by atoms with Gasteiger partial charge in [-0.2, -0.15) is 0 Å². The number of rotatable bonds is 3. The van der Waals surface area contributed by atoms with E-state index in [0.717, 1.165) is 6.42 Å². The summed E-state index contributed by atoms with van der Waals surface area (Å²) < 4.78 is 4.64. The highest BCUT2D eigenvalue weighted by molar-refractivity contribution is 5.91. The third-order valence-electron chi connectivity index (χ3n) is 1.67. The lowest BCUT2D eigenvalue weighted by atomic mass is 10.1. The maximum atomic E-state index is 10.8. The normalized spacial score (nSPS) is 19.5. The first kappa shape index (κ1) is 8.27. The topological polar surface area (TPSA) is 46.5 Å². The number of aliphatic hydroxyl groups excluding tert-OH is 1. The fourth-order valence-electron chi connectivity index (χ4n) is 1.07. The number of cyclic esters (lactones) is 1. The van der Waals surface area contributed by atoms with Crippen molar-refractivity contribution in [2.24, 2.45) is 0 Å². The second-order valence-electron chi connectivity index (χ2n) is 2.56. The van der Waals surface area contributed by atoms with Crippen LogP contribution < -0.4 is 0 Å². The summed E-state index contributed by atoms with van der Waals surface area (Å²) in [4.78, 5) is 10.8. The van der Waals surface area contributed by atoms with Crippen molar-refractivity contribution in [1.82, 2.24) is 0 Å². The molecule has 3 nitrogen and oxygen atoms in total. The van der Waals surface area contributed by atoms with Crippen LogP contribution in [0, 0.1) is 0 Å². The van der Waals surface area contributed by atoms with Crippen LogP contribution in [0.2, 0.25) is 0 Å². The molecule has 1 unspecified atom stereocenters. The molecule has 3 heteroatoms. The smallest absolute Gasteiger partial charge is 0.336 e. The predicted octanol–water partition coefficient (Wildman–Crippen LogP) is 0.631. The van der Waals surface area contributed by atoms with Gasteiger partial charge in [0.25, 0.3) is 0 Å². The van der Waals surface area contributed by atoms with Crippen molar-refractivity contribution in [3.8, 4) is 0 Å². The Kier molecular flexibility index (Phi) is 2.65. The molecule has 0 aromatic carbocycles. The van der Waals surface area contributed by atoms with Crippen molar-refractivity contribution in [2.75, 3.05) is 6.61 Å². The third-order valence-corrected chi connectivity index (χ3v) is 1.67. The third kappa shape index (κ3) is 1.80. The molecular weight excluding hydrogens is 144 g/mol. The summed E-state index contributed by atoms with van der Waals surface area (Å²) in [5.41, 5.74) is 0.423. The van der Waals surface area contributed by atoms with Crippen LogP contribution in [0.5, 0.6) is 0 Å². The number of aliphatic hydroxyl groups is 1. The largest absolute Gasteiger partial charge is 0.458 e. The SMILES string of the molecule is CCCC(O)C1=CCOC1=O. The molecule has 0 aliphatic carbocycles. The van der Waals surface area contributed by atoms with Gasteiger partial charge in [-0.3, -0.25) is 0 Å². The molecule has 1 aliphatic rings. The molecule has 0 aromatic rings. The average molecular weight is 156 g/mol. The summed E-state index contributed by atoms with van der Waals surface area (Å²) >= 11 is 0. The lowest BCUT2D eigenvalue weighted by Gasteiger charge is -2.06. The zero-order chi connectivity index (χ0) is 8.27. The Morgan fingerprint density at radius 3 is 3.00 bits per heavy atom. The number of hydrogen-bond acceptors (Lipinski definition) is 3. The standard InChI is InChI=1S/C8H12O3/c1-2-3-7(9)6-4-5-11-8(6)10/h4,7,9H,2-3,5H2,1H3. The van der Waals surface area contributed by atoms with Crippen LogP contribution in [-0.4, -0.2) is 23.8 Å². The maximum Gasteiger partial charge on any atom is 0.336 e. The molecule has 1 aliphatic heterocycles. The molecule has 0 spiro atoms. The van der Waals surface area contributed by atoms with Gasteiger partial charge in [0, 0.05) is 0 Å². The molecule has 1 N–H and O–H groups in total. The molecule has 0 fully saturated rings. The highest BCUT2D eigenvalue weighted by Crippen LogP contribution is 2.14. The molecular formula is C8H12O3. The van der Waals surface area contributed by atoms with E-state index in [9.17, 15) is 9.90 Å². The molecule has 11 heavy (non-hydrogen) atoms. The van der Waals surface area contributed by atoms with E-state index in [1.165, 1.54) is 0 Å². The summed E-state index contributed by atoms with van der Waals surface area (Å²) in [6.07, 6.45) is 2.50. The summed E-state index contributed by atoms with van der Waals surface area (Å²) in [7, 11) is 0. The molecule has 62 valence electrons. The van der Waals surface area contributed by atoms with Crippen LogP contribution in [0.25, 0.3) is 0 Å². The lowest BCUT2D eigenvalue weighted by Crippen LogP contribution is -2.15. The molecule has 1 heterocycles. The van der Waals surface area contributed by atoms with E-state index in [4.69, 9.17) is 0 Å². The molecule has 1 rings (SSSR count). The first-order valence-electron chi connectivity index (χ1n) is 3.81. The van der Waals surface area contributed by atoms with E-state index in [1.54, 1.807) is 6.08 Å². The van der Waals surface area contributed by atoms with Crippen LogP contribution in [0.1, 0.15) is 19.8 Å². The summed E-state index contributed by atoms with van der Waals surface area (Å²) in [5, 5.41) is 9.35. The minimum atomic E-state index is -0.630. The van der Waals surface area contributed by atoms with Crippen molar-refractivity contribution in [3.05, 3.63) is 11.6 Å². The Labute approximate surface area is 65.7 Å². The second kappa shape index (κ2) is 3.53. The first-order valence-corrected chi connectivity index (χ1v) is 3.81. The fraction of sp³-hybridized carbons (Fsp3) is 0.625. The van der Waals surface area contributed by atoms with E-state index in [0.29, 0.717) is 18.6 Å². The number of esters is 1. The van der Waals surface area contributed by atoms with Gasteiger partial charge in [-0.15, -0.1) is 0 Å². The Hall–Kier alpha value is -0.830. The van der Waals surface area contributed by atoms with Crippen LogP contribution >= 0.6 is 0 Å². The van der Waals surface area contributed by atoms with Gasteiger partial charge < -0.3 is 9.84 Å². The van der Waals surface area contributed by atoms with Crippen molar-refractivity contribution in [1.29, 1.82) is 0 Å². The quantitative estimate of drug-likeness (QED) is 0.609. The van der Waals surface area contributed by atoms with E-state index in [-0.39, 0.29) is 5.97 Å². The molecule has 0 amide bonds. The molecule has 0 saturated carbocycles. The first-order chi connectivity index (χ1) is 5.25. The van der Waals surface area contributed by atoms with Crippen molar-refractivity contribution < 1.29 is 14.6 Å². The number of hydrogen-bond donors (Lipinski definition) is 1. The van der Waals surface area contributed by atoms with Crippen LogP contribution in [0.3, 0.4) is 0 Å². The van der Waals surface area contributed by atoms with E-state index >= 15 is 0 Å². The van der Waals surface area contributed by atoms with Crippen LogP contribution in [-0.2, 0) is 9.53 Å². The van der Waals surface area contributed by atoms with Gasteiger partial charge in [0.2, 0.25) is 0 Å². The van der Waals surface area contributed by atoms with E-state index in [2.05, 4.69) is 4.74 Å². The van der Waals surface area contributed by atoms with Gasteiger partial charge in [0.1, 0.15) is 6.61 Å². The molecule has 0 aromatic heterocycles. The Morgan fingerprint density at radius 2 is 2.55 bits per heavy atom. The lowest BCUT2D eigenvalue weighted by molar-refractivity contribution is -0.136. The minimum Gasteiger partial charge on any atom is -0.458 e. The van der Waals surface area contributed by atoms with Crippen molar-refractivity contribution in [3.63, 3.8) is 0 Å². The van der Waals surface area contributed by atoms with Gasteiger partial charge in [0.05, 0.1) is 11.7 Å². The highest BCUT2D eigenvalue weighted by atomic mass is 16.5. The fourth-order valence-corrected chi connectivity index (χ4v) is 1.07. The minimum absolute atomic E-state index is 0.314. The average Bonchev–Trinajstić information content (AvgIpc) is 2.36. The molecule has 0 radical (unpaired) electrons. The molecule has 0 bridgehead atoms. The molecule has 0 saturated heterocycles. The summed E-state index contributed by atoms with van der Waals surface area (Å²) in [6.45, 7) is 2.28. The monoisotopic (exact) mass is 156 g/mol. The van der Waals surface area contributed by atoms with Gasteiger partial charge in [0.15, 0.2) is 0 Å². The van der Waals surface area contributed by atoms with Crippen molar-refractivity contribution in [2.45, 2.75) is 25.9 Å². The number of carbonyl (C=O) groups is 1. The van der Waals surface area contributed by atoms with Gasteiger partial charge >= 0.3 is 5.97 Å². The van der Waals surface area contributed by atoms with Crippen LogP contribution in [0.15, 0.2) is 11.6 Å². The predicted molar refractivity (Wildman–Crippen MR) is 40.0 cm³/mol. The molecule has 1 atom stereocenters. The second-order valence-corrected chi connectivity index (χ2v) is 2.56. The highest BCUT2D eigenvalue weighted by Gasteiger charge is 2.22. The van der Waals surface area contributed by atoms with Gasteiger partial charge in [-0.25, -0.2) is 4.79 Å². The Morgan fingerprint density at radius 1 is 1.82 bits per heavy atom. The van der Waals surface area contributed by atoms with Crippen LogP contribution in [0.4, 0.5) is 0 Å². The zero-order valence-electron chi connectivity index (χ0n) is 6.54. The number of ether oxygens (including phenoxy) is 1. The number of carbonyl (C=O) groups excluding carboxylic acids is 1. The summed E-state index contributed by atoms with van der Waals surface area (Å²) in [5.74, 6) is -0.369. The summed E-state index contributed by atoms with van der Waals surface area (Å²) in [6, 6.07) is 0.